The fourth-order valence-corrected chi connectivity index (χ4v) is 3.85. The van der Waals surface area contributed by atoms with E-state index in [-0.39, 0.29) is 6.09 Å². The lowest BCUT2D eigenvalue weighted by atomic mass is 9.95. The van der Waals surface area contributed by atoms with Crippen molar-refractivity contribution in [2.75, 3.05) is 31.6 Å². The molecule has 8 nitrogen and oxygen atoms in total. The fourth-order valence-electron chi connectivity index (χ4n) is 3.85. The molecular weight excluding hydrogens is 380 g/mol. The van der Waals surface area contributed by atoms with Crippen molar-refractivity contribution in [2.45, 2.75) is 32.6 Å². The normalized spacial score (nSPS) is 16.6. The number of carbonyl (C=O) groups is 1. The number of anilines is 1. The Morgan fingerprint density at radius 1 is 1.27 bits per heavy atom. The van der Waals surface area contributed by atoms with Gasteiger partial charge in [-0.3, -0.25) is 4.57 Å². The molecule has 1 aromatic carbocycles. The second kappa shape index (κ2) is 9.56. The lowest BCUT2D eigenvalue weighted by Crippen LogP contribution is -2.40. The van der Waals surface area contributed by atoms with Crippen LogP contribution in [0.5, 0.6) is 0 Å². The maximum atomic E-state index is 12.1. The first-order valence-electron chi connectivity index (χ1n) is 10.7. The molecule has 0 aliphatic carbocycles. The van der Waals surface area contributed by atoms with Crippen LogP contribution in [0.3, 0.4) is 0 Å². The molecule has 1 amide bonds. The zero-order valence-electron chi connectivity index (χ0n) is 17.3. The van der Waals surface area contributed by atoms with Crippen molar-refractivity contribution in [1.29, 1.82) is 0 Å². The van der Waals surface area contributed by atoms with Crippen LogP contribution in [-0.2, 0) is 4.74 Å². The molecular formula is C22H28N6O2. The highest BCUT2D eigenvalue weighted by Gasteiger charge is 2.24. The van der Waals surface area contributed by atoms with Gasteiger partial charge in [0.05, 0.1) is 17.6 Å². The Balaban J connectivity index is 1.32. The van der Waals surface area contributed by atoms with Gasteiger partial charge in [-0.05, 0) is 49.8 Å². The van der Waals surface area contributed by atoms with Gasteiger partial charge in [0.25, 0.3) is 0 Å². The highest BCUT2D eigenvalue weighted by Crippen LogP contribution is 2.21. The summed E-state index contributed by atoms with van der Waals surface area (Å²) in [6.07, 6.45) is 7.31. The van der Waals surface area contributed by atoms with Gasteiger partial charge >= 0.3 is 6.09 Å². The number of rotatable bonds is 7. The van der Waals surface area contributed by atoms with Crippen LogP contribution < -0.4 is 5.32 Å². The summed E-state index contributed by atoms with van der Waals surface area (Å²) < 4.78 is 7.24. The van der Waals surface area contributed by atoms with E-state index in [2.05, 4.69) is 20.3 Å². The Labute approximate surface area is 176 Å². The molecule has 1 fully saturated rings. The van der Waals surface area contributed by atoms with Gasteiger partial charge in [-0.2, -0.15) is 4.98 Å². The molecule has 2 aromatic heterocycles. The van der Waals surface area contributed by atoms with E-state index in [9.17, 15) is 4.79 Å². The van der Waals surface area contributed by atoms with Gasteiger partial charge < -0.3 is 15.0 Å². The molecule has 8 heteroatoms. The summed E-state index contributed by atoms with van der Waals surface area (Å²) in [4.78, 5) is 27.4. The molecule has 1 unspecified atom stereocenters. The summed E-state index contributed by atoms with van der Waals surface area (Å²) in [6, 6.07) is 9.85. The standard InChI is InChI=1S/C22H28N6O2/c1-2-14-30-22(29)27-13-5-6-17(15-27)9-11-23-21-24-12-10-20(26-21)28-16-25-18-7-3-4-8-19(18)28/h3-4,7-8,10,12,16-17H,2,5-6,9,11,13-15H2,1H3,(H,23,24,26). The van der Waals surface area contributed by atoms with Crippen LogP contribution in [0, 0.1) is 5.92 Å². The van der Waals surface area contributed by atoms with Crippen molar-refractivity contribution in [3.8, 4) is 5.82 Å². The summed E-state index contributed by atoms with van der Waals surface area (Å²) in [5, 5.41) is 3.33. The van der Waals surface area contributed by atoms with Crippen LogP contribution >= 0.6 is 0 Å². The first-order valence-corrected chi connectivity index (χ1v) is 10.7. The lowest BCUT2D eigenvalue weighted by Gasteiger charge is -2.32. The highest BCUT2D eigenvalue weighted by atomic mass is 16.6. The molecule has 0 bridgehead atoms. The number of aromatic nitrogens is 4. The first-order chi connectivity index (χ1) is 14.7. The number of para-hydroxylation sites is 2. The minimum Gasteiger partial charge on any atom is -0.449 e. The zero-order chi connectivity index (χ0) is 20.8. The van der Waals surface area contributed by atoms with Gasteiger partial charge in [0.1, 0.15) is 12.1 Å². The van der Waals surface area contributed by atoms with Gasteiger partial charge in [-0.15, -0.1) is 0 Å². The number of hydrogen-bond acceptors (Lipinski definition) is 6. The highest BCUT2D eigenvalue weighted by molar-refractivity contribution is 5.76. The SMILES string of the molecule is CCCOC(=O)N1CCCC(CCNc2nccc(-n3cnc4ccccc43)n2)C1. The van der Waals surface area contributed by atoms with E-state index in [1.54, 1.807) is 12.5 Å². The molecule has 0 saturated carbocycles. The van der Waals surface area contributed by atoms with Gasteiger partial charge in [0, 0.05) is 25.8 Å². The number of benzene rings is 1. The molecule has 0 spiro atoms. The monoisotopic (exact) mass is 408 g/mol. The fraction of sp³-hybridized carbons (Fsp3) is 0.455. The smallest absolute Gasteiger partial charge is 0.409 e. The van der Waals surface area contributed by atoms with Crippen molar-refractivity contribution >= 4 is 23.1 Å². The largest absolute Gasteiger partial charge is 0.449 e. The van der Waals surface area contributed by atoms with Gasteiger partial charge in [0.2, 0.25) is 5.95 Å². The molecule has 3 aromatic rings. The lowest BCUT2D eigenvalue weighted by molar-refractivity contribution is 0.0837. The van der Waals surface area contributed by atoms with E-state index < -0.39 is 0 Å². The van der Waals surface area contributed by atoms with Gasteiger partial charge in [-0.1, -0.05) is 19.1 Å². The summed E-state index contributed by atoms with van der Waals surface area (Å²) in [5.41, 5.74) is 1.95. The Morgan fingerprint density at radius 2 is 2.17 bits per heavy atom. The molecule has 158 valence electrons. The number of carbonyl (C=O) groups excluding carboxylic acids is 1. The number of piperidine rings is 1. The molecule has 0 radical (unpaired) electrons. The maximum absolute atomic E-state index is 12.1. The third-order valence-corrected chi connectivity index (χ3v) is 5.38. The number of amides is 1. The van der Waals surface area contributed by atoms with E-state index in [4.69, 9.17) is 4.74 Å². The van der Waals surface area contributed by atoms with Crippen LogP contribution in [0.2, 0.25) is 0 Å². The quantitative estimate of drug-likeness (QED) is 0.639. The second-order valence-corrected chi connectivity index (χ2v) is 7.63. The van der Waals surface area contributed by atoms with Crippen molar-refractivity contribution in [2.24, 2.45) is 5.92 Å². The number of imidazole rings is 1. The molecule has 4 rings (SSSR count). The van der Waals surface area contributed by atoms with E-state index >= 15 is 0 Å². The second-order valence-electron chi connectivity index (χ2n) is 7.63. The van der Waals surface area contributed by atoms with Crippen LogP contribution in [0.25, 0.3) is 16.9 Å². The molecule has 1 aliphatic heterocycles. The number of likely N-dealkylation sites (tertiary alicyclic amines) is 1. The number of nitrogens with one attached hydrogen (secondary N) is 1. The number of fused-ring (bicyclic) bond motifs is 1. The van der Waals surface area contributed by atoms with Crippen molar-refractivity contribution in [3.63, 3.8) is 0 Å². The number of nitrogens with zero attached hydrogens (tertiary/aromatic N) is 5. The minimum absolute atomic E-state index is 0.182. The van der Waals surface area contributed by atoms with E-state index in [1.165, 1.54) is 0 Å². The third-order valence-electron chi connectivity index (χ3n) is 5.38. The first kappa shape index (κ1) is 20.1. The van der Waals surface area contributed by atoms with E-state index in [0.29, 0.717) is 18.5 Å². The average Bonchev–Trinajstić information content (AvgIpc) is 3.22. The Morgan fingerprint density at radius 3 is 3.07 bits per heavy atom. The summed E-state index contributed by atoms with van der Waals surface area (Å²) >= 11 is 0. The van der Waals surface area contributed by atoms with Gasteiger partial charge in [0.15, 0.2) is 0 Å². The van der Waals surface area contributed by atoms with Gasteiger partial charge in [-0.25, -0.2) is 14.8 Å². The molecule has 3 heterocycles. The summed E-state index contributed by atoms with van der Waals surface area (Å²) in [5.74, 6) is 1.84. The summed E-state index contributed by atoms with van der Waals surface area (Å²) in [7, 11) is 0. The number of ether oxygens (including phenoxy) is 1. The average molecular weight is 409 g/mol. The zero-order valence-corrected chi connectivity index (χ0v) is 17.3. The van der Waals surface area contributed by atoms with Crippen LogP contribution in [0.15, 0.2) is 42.9 Å². The molecule has 1 N–H and O–H groups in total. The van der Waals surface area contributed by atoms with Crippen molar-refractivity contribution in [1.82, 2.24) is 24.4 Å². The van der Waals surface area contributed by atoms with Crippen molar-refractivity contribution in [3.05, 3.63) is 42.9 Å². The Bertz CT molecular complexity index is 988. The Hall–Kier alpha value is -3.16. The van der Waals surface area contributed by atoms with Crippen LogP contribution in [-0.4, -0.2) is 56.8 Å². The van der Waals surface area contributed by atoms with E-state index in [0.717, 1.165) is 62.2 Å². The van der Waals surface area contributed by atoms with Crippen LogP contribution in [0.4, 0.5) is 10.7 Å². The van der Waals surface area contributed by atoms with Crippen molar-refractivity contribution < 1.29 is 9.53 Å². The summed E-state index contributed by atoms with van der Waals surface area (Å²) in [6.45, 7) is 4.80. The predicted molar refractivity (Wildman–Crippen MR) is 116 cm³/mol. The van der Waals surface area contributed by atoms with Crippen LogP contribution in [0.1, 0.15) is 32.6 Å². The molecule has 1 saturated heterocycles. The molecule has 1 atom stereocenters. The third kappa shape index (κ3) is 4.69. The molecule has 30 heavy (non-hydrogen) atoms. The Kier molecular flexibility index (Phi) is 6.41. The number of hydrogen-bond donors (Lipinski definition) is 1. The molecule has 1 aliphatic rings. The minimum atomic E-state index is -0.182. The maximum Gasteiger partial charge on any atom is 0.409 e. The predicted octanol–water partition coefficient (Wildman–Crippen LogP) is 3.88. The topological polar surface area (TPSA) is 85.2 Å². The van der Waals surface area contributed by atoms with E-state index in [1.807, 2.05) is 46.7 Å².